The van der Waals surface area contributed by atoms with Crippen molar-refractivity contribution < 1.29 is 4.79 Å². The molecule has 0 aliphatic carbocycles. The van der Waals surface area contributed by atoms with Crippen LogP contribution in [0.2, 0.25) is 0 Å². The average molecular weight is 341 g/mol. The van der Waals surface area contributed by atoms with E-state index in [-0.39, 0.29) is 24.1 Å². The van der Waals surface area contributed by atoms with Gasteiger partial charge in [0.2, 0.25) is 5.91 Å². The van der Waals surface area contributed by atoms with E-state index in [4.69, 9.17) is 0 Å². The first kappa shape index (κ1) is 14.0. The Bertz CT molecular complexity index is 622. The molecule has 100 valence electrons. The smallest absolute Gasteiger partial charge is 0.251 e. The van der Waals surface area contributed by atoms with E-state index in [0.717, 1.165) is 9.35 Å². The Morgan fingerprint density at radius 3 is 2.95 bits per heavy atom. The standard InChI is InChI=1S/C13H13BrN2O2S/c1-9(11-3-2-6-19-11)15-12(17)8-16-7-10(14)4-5-13(16)18/h2-7,9H,8H2,1H3,(H,15,17)/t9-/m0/s1. The maximum Gasteiger partial charge on any atom is 0.251 e. The predicted molar refractivity (Wildman–Crippen MR) is 79.3 cm³/mol. The summed E-state index contributed by atoms with van der Waals surface area (Å²) in [5.41, 5.74) is -0.192. The first-order valence-electron chi connectivity index (χ1n) is 5.75. The first-order valence-corrected chi connectivity index (χ1v) is 7.42. The number of aromatic nitrogens is 1. The van der Waals surface area contributed by atoms with Gasteiger partial charge in [0.25, 0.3) is 5.56 Å². The van der Waals surface area contributed by atoms with E-state index in [1.54, 1.807) is 23.6 Å². The van der Waals surface area contributed by atoms with Crippen molar-refractivity contribution in [3.63, 3.8) is 0 Å². The minimum Gasteiger partial charge on any atom is -0.347 e. The highest BCUT2D eigenvalue weighted by atomic mass is 79.9. The molecule has 2 aromatic heterocycles. The van der Waals surface area contributed by atoms with Crippen LogP contribution in [-0.4, -0.2) is 10.5 Å². The Kier molecular flexibility index (Phi) is 4.55. The Labute approximate surface area is 123 Å². The number of thiophene rings is 1. The summed E-state index contributed by atoms with van der Waals surface area (Å²) < 4.78 is 2.15. The summed E-state index contributed by atoms with van der Waals surface area (Å²) in [7, 11) is 0. The number of amides is 1. The van der Waals surface area contributed by atoms with E-state index in [1.165, 1.54) is 10.6 Å². The molecule has 1 N–H and O–H groups in total. The van der Waals surface area contributed by atoms with Crippen LogP contribution >= 0.6 is 27.3 Å². The van der Waals surface area contributed by atoms with Gasteiger partial charge in [0.05, 0.1) is 6.04 Å². The summed E-state index contributed by atoms with van der Waals surface area (Å²) in [4.78, 5) is 24.6. The lowest BCUT2D eigenvalue weighted by Gasteiger charge is -2.13. The Morgan fingerprint density at radius 1 is 1.47 bits per heavy atom. The van der Waals surface area contributed by atoms with E-state index in [1.807, 2.05) is 24.4 Å². The van der Waals surface area contributed by atoms with Gasteiger partial charge in [0.15, 0.2) is 0 Å². The van der Waals surface area contributed by atoms with Gasteiger partial charge in [0, 0.05) is 21.6 Å². The second-order valence-electron chi connectivity index (χ2n) is 4.12. The molecule has 0 spiro atoms. The number of hydrogen-bond donors (Lipinski definition) is 1. The zero-order chi connectivity index (χ0) is 13.8. The molecule has 19 heavy (non-hydrogen) atoms. The number of rotatable bonds is 4. The summed E-state index contributed by atoms with van der Waals surface area (Å²) in [6, 6.07) is 6.96. The number of hydrogen-bond acceptors (Lipinski definition) is 3. The van der Waals surface area contributed by atoms with Crippen LogP contribution in [0.3, 0.4) is 0 Å². The summed E-state index contributed by atoms with van der Waals surface area (Å²) in [5, 5.41) is 4.84. The number of halogens is 1. The molecule has 0 aliphatic heterocycles. The van der Waals surface area contributed by atoms with Crippen LogP contribution in [0.5, 0.6) is 0 Å². The normalized spacial score (nSPS) is 12.1. The van der Waals surface area contributed by atoms with E-state index in [2.05, 4.69) is 21.2 Å². The second kappa shape index (κ2) is 6.16. The zero-order valence-corrected chi connectivity index (χ0v) is 12.7. The lowest BCUT2D eigenvalue weighted by Crippen LogP contribution is -2.33. The molecular formula is C13H13BrN2O2S. The molecule has 6 heteroatoms. The van der Waals surface area contributed by atoms with Gasteiger partial charge in [-0.3, -0.25) is 9.59 Å². The molecule has 1 amide bonds. The number of nitrogens with zero attached hydrogens (tertiary/aromatic N) is 1. The average Bonchev–Trinajstić information content (AvgIpc) is 2.87. The van der Waals surface area contributed by atoms with Crippen LogP contribution in [-0.2, 0) is 11.3 Å². The molecule has 2 rings (SSSR count). The molecule has 2 aromatic rings. The SMILES string of the molecule is C[C@H](NC(=O)Cn1cc(Br)ccc1=O)c1cccs1. The van der Waals surface area contributed by atoms with E-state index in [0.29, 0.717) is 0 Å². The summed E-state index contributed by atoms with van der Waals surface area (Å²) in [5.74, 6) is -0.180. The Balaban J connectivity index is 2.02. The van der Waals surface area contributed by atoms with E-state index >= 15 is 0 Å². The van der Waals surface area contributed by atoms with Gasteiger partial charge in [-0.1, -0.05) is 6.07 Å². The highest BCUT2D eigenvalue weighted by molar-refractivity contribution is 9.10. The van der Waals surface area contributed by atoms with Gasteiger partial charge in [-0.25, -0.2) is 0 Å². The largest absolute Gasteiger partial charge is 0.347 e. The molecule has 2 heterocycles. The van der Waals surface area contributed by atoms with Gasteiger partial charge in [0.1, 0.15) is 6.54 Å². The van der Waals surface area contributed by atoms with Crippen molar-refractivity contribution in [2.24, 2.45) is 0 Å². The van der Waals surface area contributed by atoms with Gasteiger partial charge < -0.3 is 9.88 Å². The molecule has 0 aromatic carbocycles. The lowest BCUT2D eigenvalue weighted by molar-refractivity contribution is -0.122. The summed E-state index contributed by atoms with van der Waals surface area (Å²) >= 11 is 4.87. The van der Waals surface area contributed by atoms with E-state index in [9.17, 15) is 9.59 Å². The monoisotopic (exact) mass is 340 g/mol. The van der Waals surface area contributed by atoms with Crippen LogP contribution in [0.15, 0.2) is 45.1 Å². The van der Waals surface area contributed by atoms with Crippen molar-refractivity contribution in [2.75, 3.05) is 0 Å². The highest BCUT2D eigenvalue weighted by Gasteiger charge is 2.11. The fraction of sp³-hybridized carbons (Fsp3) is 0.231. The second-order valence-corrected chi connectivity index (χ2v) is 6.01. The molecule has 0 saturated heterocycles. The van der Waals surface area contributed by atoms with Crippen molar-refractivity contribution in [2.45, 2.75) is 19.5 Å². The van der Waals surface area contributed by atoms with Crippen LogP contribution < -0.4 is 10.9 Å². The fourth-order valence-electron chi connectivity index (χ4n) is 1.68. The number of nitrogens with one attached hydrogen (secondary N) is 1. The first-order chi connectivity index (χ1) is 9.06. The summed E-state index contributed by atoms with van der Waals surface area (Å²) in [6.07, 6.45) is 1.61. The van der Waals surface area contributed by atoms with Crippen molar-refractivity contribution in [1.29, 1.82) is 0 Å². The van der Waals surface area contributed by atoms with Crippen molar-refractivity contribution in [3.8, 4) is 0 Å². The third kappa shape index (κ3) is 3.78. The Hall–Kier alpha value is -1.40. The van der Waals surface area contributed by atoms with Gasteiger partial charge in [-0.15, -0.1) is 11.3 Å². The summed E-state index contributed by atoms with van der Waals surface area (Å²) in [6.45, 7) is 1.95. The molecular weight excluding hydrogens is 328 g/mol. The molecule has 0 saturated carbocycles. The van der Waals surface area contributed by atoms with Gasteiger partial charge in [-0.05, 0) is 40.4 Å². The number of pyridine rings is 1. The highest BCUT2D eigenvalue weighted by Crippen LogP contribution is 2.17. The van der Waals surface area contributed by atoms with E-state index < -0.39 is 0 Å². The number of carbonyl (C=O) groups excluding carboxylic acids is 1. The quantitative estimate of drug-likeness (QED) is 0.929. The van der Waals surface area contributed by atoms with Crippen LogP contribution in [0.1, 0.15) is 17.8 Å². The Morgan fingerprint density at radius 2 is 2.26 bits per heavy atom. The molecule has 0 aliphatic rings. The third-order valence-electron chi connectivity index (χ3n) is 2.61. The minimum absolute atomic E-state index is 0.0218. The molecule has 0 bridgehead atoms. The minimum atomic E-state index is -0.192. The van der Waals surface area contributed by atoms with Crippen LogP contribution in [0.25, 0.3) is 0 Å². The van der Waals surface area contributed by atoms with Crippen LogP contribution in [0.4, 0.5) is 0 Å². The number of carbonyl (C=O) groups is 1. The van der Waals surface area contributed by atoms with Crippen molar-refractivity contribution in [3.05, 3.63) is 55.5 Å². The third-order valence-corrected chi connectivity index (χ3v) is 4.13. The van der Waals surface area contributed by atoms with Gasteiger partial charge >= 0.3 is 0 Å². The maximum absolute atomic E-state index is 11.9. The topological polar surface area (TPSA) is 51.1 Å². The maximum atomic E-state index is 11.9. The van der Waals surface area contributed by atoms with Gasteiger partial charge in [-0.2, -0.15) is 0 Å². The van der Waals surface area contributed by atoms with Crippen molar-refractivity contribution >= 4 is 33.2 Å². The lowest BCUT2D eigenvalue weighted by atomic mass is 10.3. The fourth-order valence-corrected chi connectivity index (χ4v) is 2.79. The molecule has 0 unspecified atom stereocenters. The molecule has 0 fully saturated rings. The van der Waals surface area contributed by atoms with Crippen LogP contribution in [0, 0.1) is 0 Å². The molecule has 1 atom stereocenters. The molecule has 0 radical (unpaired) electrons. The predicted octanol–water partition coefficient (Wildman–Crippen LogP) is 2.55. The van der Waals surface area contributed by atoms with Crippen molar-refractivity contribution in [1.82, 2.24) is 9.88 Å². The zero-order valence-electron chi connectivity index (χ0n) is 10.3. The molecule has 4 nitrogen and oxygen atoms in total.